The van der Waals surface area contributed by atoms with Crippen molar-refractivity contribution in [3.05, 3.63) is 0 Å². The second kappa shape index (κ2) is 5.02. The molecule has 20 heavy (non-hydrogen) atoms. The van der Waals surface area contributed by atoms with Gasteiger partial charge in [0.25, 0.3) is 0 Å². The topological polar surface area (TPSA) is 78.4 Å². The Morgan fingerprint density at radius 2 is 2.00 bits per heavy atom. The largest absolute Gasteiger partial charge is 0.481 e. The molecule has 1 saturated heterocycles. The third-order valence-electron chi connectivity index (χ3n) is 5.62. The molecule has 112 valence electrons. The molecule has 0 spiro atoms. The Labute approximate surface area is 119 Å². The minimum Gasteiger partial charge on any atom is -0.481 e. The van der Waals surface area contributed by atoms with E-state index in [0.29, 0.717) is 5.92 Å². The van der Waals surface area contributed by atoms with E-state index in [4.69, 9.17) is 0 Å². The third-order valence-corrected chi connectivity index (χ3v) is 5.62. The summed E-state index contributed by atoms with van der Waals surface area (Å²) in [7, 11) is 0. The van der Waals surface area contributed by atoms with Crippen molar-refractivity contribution in [2.24, 2.45) is 17.8 Å². The van der Waals surface area contributed by atoms with Gasteiger partial charge in [-0.3, -0.25) is 9.59 Å². The molecule has 5 unspecified atom stereocenters. The fraction of sp³-hybridized carbons (Fsp3) is 0.867. The van der Waals surface area contributed by atoms with Gasteiger partial charge in [-0.25, -0.2) is 0 Å². The highest BCUT2D eigenvalue weighted by molar-refractivity contribution is 5.87. The molecule has 1 amide bonds. The second-order valence-electron chi connectivity index (χ2n) is 6.91. The first-order valence-electron chi connectivity index (χ1n) is 7.80. The molecule has 0 aromatic heterocycles. The predicted molar refractivity (Wildman–Crippen MR) is 74.1 cm³/mol. The van der Waals surface area contributed by atoms with Gasteiger partial charge >= 0.3 is 5.97 Å². The Morgan fingerprint density at radius 3 is 2.65 bits per heavy atom. The van der Waals surface area contributed by atoms with Crippen molar-refractivity contribution in [2.45, 2.75) is 57.0 Å². The minimum atomic E-state index is -0.746. The van der Waals surface area contributed by atoms with Crippen LogP contribution in [-0.4, -0.2) is 35.1 Å². The number of hydrogen-bond donors (Lipinski definition) is 3. The molecule has 1 aliphatic heterocycles. The van der Waals surface area contributed by atoms with Crippen LogP contribution in [0.3, 0.4) is 0 Å². The van der Waals surface area contributed by atoms with Crippen LogP contribution in [0.25, 0.3) is 0 Å². The van der Waals surface area contributed by atoms with E-state index >= 15 is 0 Å². The molecule has 5 atom stereocenters. The summed E-state index contributed by atoms with van der Waals surface area (Å²) in [4.78, 5) is 24.0. The van der Waals surface area contributed by atoms with Gasteiger partial charge in [0.1, 0.15) is 0 Å². The van der Waals surface area contributed by atoms with Crippen LogP contribution in [0.5, 0.6) is 0 Å². The molecule has 3 fully saturated rings. The fourth-order valence-corrected chi connectivity index (χ4v) is 4.42. The first-order valence-corrected chi connectivity index (χ1v) is 7.80. The van der Waals surface area contributed by atoms with E-state index in [1.54, 1.807) is 0 Å². The Hall–Kier alpha value is -1.10. The number of rotatable bonds is 3. The molecule has 0 radical (unpaired) electrons. The van der Waals surface area contributed by atoms with Crippen LogP contribution < -0.4 is 10.6 Å². The number of hydrogen-bond acceptors (Lipinski definition) is 3. The molecule has 0 aromatic rings. The molecule has 3 aliphatic rings. The van der Waals surface area contributed by atoms with Crippen LogP contribution in [-0.2, 0) is 9.59 Å². The first kappa shape index (κ1) is 13.9. The number of fused-ring (bicyclic) bond motifs is 2. The Bertz CT molecular complexity index is 417. The highest BCUT2D eigenvalue weighted by Gasteiger charge is 2.52. The molecule has 2 aliphatic carbocycles. The van der Waals surface area contributed by atoms with Gasteiger partial charge in [-0.05, 0) is 63.8 Å². The summed E-state index contributed by atoms with van der Waals surface area (Å²) in [5, 5.41) is 15.8. The van der Waals surface area contributed by atoms with Crippen LogP contribution in [0.4, 0.5) is 0 Å². The van der Waals surface area contributed by atoms with Crippen molar-refractivity contribution in [3.63, 3.8) is 0 Å². The Morgan fingerprint density at radius 1 is 1.25 bits per heavy atom. The van der Waals surface area contributed by atoms with E-state index in [0.717, 1.165) is 45.1 Å². The van der Waals surface area contributed by atoms with Crippen LogP contribution in [0.1, 0.15) is 45.4 Å². The molecular weight excluding hydrogens is 256 g/mol. The highest BCUT2D eigenvalue weighted by atomic mass is 16.4. The Kier molecular flexibility index (Phi) is 3.48. The molecule has 3 rings (SSSR count). The fourth-order valence-electron chi connectivity index (χ4n) is 4.42. The zero-order chi connectivity index (χ0) is 14.3. The van der Waals surface area contributed by atoms with E-state index < -0.39 is 11.5 Å². The number of piperidine rings is 1. The normalized spacial score (nSPS) is 43.5. The van der Waals surface area contributed by atoms with Gasteiger partial charge in [-0.1, -0.05) is 0 Å². The van der Waals surface area contributed by atoms with Crippen LogP contribution in [0.2, 0.25) is 0 Å². The standard InChI is InChI=1S/C15H24N2O3/c1-15(6-2-3-7-16-15)14(20)17-12-10-5-4-9(8-10)11(12)13(18)19/h9-12,16H,2-8H2,1H3,(H,17,20)(H,18,19). The van der Waals surface area contributed by atoms with E-state index in [1.165, 1.54) is 0 Å². The van der Waals surface area contributed by atoms with Crippen LogP contribution in [0.15, 0.2) is 0 Å². The Balaban J connectivity index is 1.70. The SMILES string of the molecule is CC1(C(=O)NC2C3CCC(C3)C2C(=O)O)CCCCN1. The summed E-state index contributed by atoms with van der Waals surface area (Å²) >= 11 is 0. The van der Waals surface area contributed by atoms with Crippen molar-refractivity contribution < 1.29 is 14.7 Å². The quantitative estimate of drug-likeness (QED) is 0.724. The van der Waals surface area contributed by atoms with E-state index in [2.05, 4.69) is 10.6 Å². The van der Waals surface area contributed by atoms with Crippen molar-refractivity contribution >= 4 is 11.9 Å². The lowest BCUT2D eigenvalue weighted by Crippen LogP contribution is -2.60. The summed E-state index contributed by atoms with van der Waals surface area (Å²) in [5.41, 5.74) is -0.525. The maximum absolute atomic E-state index is 12.6. The third kappa shape index (κ3) is 2.22. The molecule has 2 saturated carbocycles. The highest BCUT2D eigenvalue weighted by Crippen LogP contribution is 2.48. The van der Waals surface area contributed by atoms with Crippen molar-refractivity contribution in [2.75, 3.05) is 6.54 Å². The summed E-state index contributed by atoms with van der Waals surface area (Å²) in [6.07, 6.45) is 6.02. The zero-order valence-electron chi connectivity index (χ0n) is 12.0. The summed E-state index contributed by atoms with van der Waals surface area (Å²) < 4.78 is 0. The van der Waals surface area contributed by atoms with Crippen LogP contribution in [0, 0.1) is 17.8 Å². The van der Waals surface area contributed by atoms with Gasteiger partial charge in [-0.15, -0.1) is 0 Å². The lowest BCUT2D eigenvalue weighted by Gasteiger charge is -2.37. The van der Waals surface area contributed by atoms with Gasteiger partial charge in [0.05, 0.1) is 11.5 Å². The van der Waals surface area contributed by atoms with Crippen LogP contribution >= 0.6 is 0 Å². The number of aliphatic carboxylic acids is 1. The van der Waals surface area contributed by atoms with Crippen molar-refractivity contribution in [3.8, 4) is 0 Å². The monoisotopic (exact) mass is 280 g/mol. The molecule has 5 nitrogen and oxygen atoms in total. The van der Waals surface area contributed by atoms with E-state index in [1.807, 2.05) is 6.92 Å². The van der Waals surface area contributed by atoms with Gasteiger partial charge in [-0.2, -0.15) is 0 Å². The summed E-state index contributed by atoms with van der Waals surface area (Å²) in [6, 6.07) is -0.167. The number of nitrogens with one attached hydrogen (secondary N) is 2. The number of carboxylic acid groups (broad SMARTS) is 1. The summed E-state index contributed by atoms with van der Waals surface area (Å²) in [5.74, 6) is -0.526. The first-order chi connectivity index (χ1) is 9.51. The smallest absolute Gasteiger partial charge is 0.308 e. The van der Waals surface area contributed by atoms with Gasteiger partial charge < -0.3 is 15.7 Å². The molecular formula is C15H24N2O3. The molecule has 2 bridgehead atoms. The second-order valence-corrected chi connectivity index (χ2v) is 6.91. The average molecular weight is 280 g/mol. The number of carbonyl (C=O) groups excluding carboxylic acids is 1. The number of amides is 1. The number of carbonyl (C=O) groups is 2. The molecule has 3 N–H and O–H groups in total. The maximum Gasteiger partial charge on any atom is 0.308 e. The average Bonchev–Trinajstić information content (AvgIpc) is 3.00. The molecule has 5 heteroatoms. The lowest BCUT2D eigenvalue weighted by molar-refractivity contribution is -0.145. The van der Waals surface area contributed by atoms with E-state index in [-0.39, 0.29) is 23.8 Å². The molecule has 0 aromatic carbocycles. The summed E-state index contributed by atoms with van der Waals surface area (Å²) in [6.45, 7) is 2.80. The maximum atomic E-state index is 12.6. The zero-order valence-corrected chi connectivity index (χ0v) is 12.0. The number of carboxylic acids is 1. The van der Waals surface area contributed by atoms with Crippen molar-refractivity contribution in [1.82, 2.24) is 10.6 Å². The van der Waals surface area contributed by atoms with Crippen molar-refractivity contribution in [1.29, 1.82) is 0 Å². The minimum absolute atomic E-state index is 0.0130. The lowest BCUT2D eigenvalue weighted by atomic mass is 9.83. The van der Waals surface area contributed by atoms with Gasteiger partial charge in [0.15, 0.2) is 0 Å². The van der Waals surface area contributed by atoms with Gasteiger partial charge in [0, 0.05) is 6.04 Å². The van der Waals surface area contributed by atoms with E-state index in [9.17, 15) is 14.7 Å². The van der Waals surface area contributed by atoms with Gasteiger partial charge in [0.2, 0.25) is 5.91 Å². The predicted octanol–water partition coefficient (Wildman–Crippen LogP) is 1.13. The molecule has 1 heterocycles.